The molecule has 1 aromatic heterocycles. The van der Waals surface area contributed by atoms with Gasteiger partial charge in [-0.1, -0.05) is 36.4 Å². The number of aryl methyl sites for hydroxylation is 1. The Hall–Kier alpha value is -2.50. The zero-order valence-corrected chi connectivity index (χ0v) is 15.9. The number of thiophene rings is 1. The van der Waals surface area contributed by atoms with Crippen molar-refractivity contribution in [3.63, 3.8) is 0 Å². The first-order valence-electron chi connectivity index (χ1n) is 9.03. The third-order valence-electron chi connectivity index (χ3n) is 5.00. The average Bonchev–Trinajstić information content (AvgIpc) is 3.14. The lowest BCUT2D eigenvalue weighted by Crippen LogP contribution is -2.40. The molecule has 1 N–H and O–H groups in total. The third kappa shape index (κ3) is 3.80. The molecule has 1 atom stereocenters. The van der Waals surface area contributed by atoms with Crippen molar-refractivity contribution in [2.45, 2.75) is 19.4 Å². The minimum atomic E-state index is -0.348. The molecule has 0 spiro atoms. The maximum absolute atomic E-state index is 13.5. The second-order valence-corrected chi connectivity index (χ2v) is 7.84. The number of halogens is 1. The summed E-state index contributed by atoms with van der Waals surface area (Å²) in [7, 11) is 0. The van der Waals surface area contributed by atoms with Crippen molar-refractivity contribution in [2.24, 2.45) is 0 Å². The summed E-state index contributed by atoms with van der Waals surface area (Å²) in [6.07, 6.45) is 0.947. The van der Waals surface area contributed by atoms with Crippen molar-refractivity contribution in [2.75, 3.05) is 18.4 Å². The Kier molecular flexibility index (Phi) is 5.05. The number of hydrogen-bond acceptors (Lipinski definition) is 3. The van der Waals surface area contributed by atoms with E-state index in [4.69, 9.17) is 0 Å². The lowest BCUT2D eigenvalue weighted by molar-refractivity contribution is -0.117. The van der Waals surface area contributed by atoms with Gasteiger partial charge < -0.3 is 5.32 Å². The molecule has 1 unspecified atom stereocenters. The van der Waals surface area contributed by atoms with Gasteiger partial charge in [-0.2, -0.15) is 0 Å². The molecule has 0 aliphatic carbocycles. The standard InChI is InChI=1S/C22H21FN2OS/c1-15-7-8-17(23)13-19(15)24-21(26)14-25-11-9-20-18(10-12-27-20)22(25)16-5-3-2-4-6-16/h2-8,10,12-13,22H,9,11,14H2,1H3,(H,24,26). The second-order valence-electron chi connectivity index (χ2n) is 6.84. The summed E-state index contributed by atoms with van der Waals surface area (Å²) >= 11 is 1.78. The Balaban J connectivity index is 1.57. The van der Waals surface area contributed by atoms with E-state index in [1.807, 2.05) is 25.1 Å². The fraction of sp³-hybridized carbons (Fsp3) is 0.227. The predicted molar refractivity (Wildman–Crippen MR) is 108 cm³/mol. The van der Waals surface area contributed by atoms with E-state index in [0.29, 0.717) is 5.69 Å². The number of fused-ring (bicyclic) bond motifs is 1. The fourth-order valence-corrected chi connectivity index (χ4v) is 4.57. The summed E-state index contributed by atoms with van der Waals surface area (Å²) in [5.74, 6) is -0.470. The molecule has 1 aliphatic heterocycles. The van der Waals surface area contributed by atoms with Crippen LogP contribution >= 0.6 is 11.3 Å². The van der Waals surface area contributed by atoms with E-state index in [-0.39, 0.29) is 24.3 Å². The molecule has 0 saturated heterocycles. The maximum atomic E-state index is 13.5. The van der Waals surface area contributed by atoms with Crippen LogP contribution in [-0.4, -0.2) is 23.9 Å². The van der Waals surface area contributed by atoms with Gasteiger partial charge in [0.15, 0.2) is 0 Å². The van der Waals surface area contributed by atoms with Crippen LogP contribution in [0.15, 0.2) is 60.0 Å². The molecule has 27 heavy (non-hydrogen) atoms. The van der Waals surface area contributed by atoms with E-state index in [9.17, 15) is 9.18 Å². The van der Waals surface area contributed by atoms with E-state index < -0.39 is 0 Å². The van der Waals surface area contributed by atoms with Crippen molar-refractivity contribution in [1.29, 1.82) is 0 Å². The molecule has 3 aromatic rings. The Morgan fingerprint density at radius 1 is 1.22 bits per heavy atom. The third-order valence-corrected chi connectivity index (χ3v) is 6.00. The Labute approximate surface area is 162 Å². The van der Waals surface area contributed by atoms with Gasteiger partial charge in [-0.15, -0.1) is 11.3 Å². The minimum Gasteiger partial charge on any atom is -0.325 e. The maximum Gasteiger partial charge on any atom is 0.238 e. The quantitative estimate of drug-likeness (QED) is 0.706. The number of carbonyl (C=O) groups is 1. The van der Waals surface area contributed by atoms with Crippen LogP contribution in [0.25, 0.3) is 0 Å². The first kappa shape index (κ1) is 17.9. The molecule has 0 bridgehead atoms. The highest BCUT2D eigenvalue weighted by Gasteiger charge is 2.30. The highest BCUT2D eigenvalue weighted by molar-refractivity contribution is 7.10. The van der Waals surface area contributed by atoms with Gasteiger partial charge in [0.05, 0.1) is 12.6 Å². The first-order valence-corrected chi connectivity index (χ1v) is 9.91. The molecule has 1 amide bonds. The topological polar surface area (TPSA) is 32.3 Å². The smallest absolute Gasteiger partial charge is 0.238 e. The van der Waals surface area contributed by atoms with Gasteiger partial charge in [-0.3, -0.25) is 9.69 Å². The van der Waals surface area contributed by atoms with Gasteiger partial charge in [0.25, 0.3) is 0 Å². The predicted octanol–water partition coefficient (Wildman–Crippen LogP) is 4.78. The van der Waals surface area contributed by atoms with E-state index in [1.54, 1.807) is 17.4 Å². The lowest BCUT2D eigenvalue weighted by Gasteiger charge is -2.35. The molecule has 5 heteroatoms. The molecule has 0 saturated carbocycles. The van der Waals surface area contributed by atoms with Crippen molar-refractivity contribution in [3.8, 4) is 0 Å². The number of benzene rings is 2. The van der Waals surface area contributed by atoms with Crippen LogP contribution in [0.3, 0.4) is 0 Å². The zero-order valence-electron chi connectivity index (χ0n) is 15.1. The Morgan fingerprint density at radius 2 is 2.04 bits per heavy atom. The summed E-state index contributed by atoms with van der Waals surface area (Å²) in [5.41, 5.74) is 3.85. The van der Waals surface area contributed by atoms with Crippen LogP contribution in [0.4, 0.5) is 10.1 Å². The molecule has 138 valence electrons. The van der Waals surface area contributed by atoms with Gasteiger partial charge >= 0.3 is 0 Å². The fourth-order valence-electron chi connectivity index (χ4n) is 3.67. The molecule has 1 aliphatic rings. The van der Waals surface area contributed by atoms with Crippen LogP contribution in [0, 0.1) is 12.7 Å². The highest BCUT2D eigenvalue weighted by atomic mass is 32.1. The van der Waals surface area contributed by atoms with Crippen LogP contribution in [0.1, 0.15) is 27.6 Å². The molecule has 2 aromatic carbocycles. The van der Waals surface area contributed by atoms with Gasteiger partial charge in [0, 0.05) is 17.1 Å². The number of amides is 1. The summed E-state index contributed by atoms with van der Waals surface area (Å²) in [6, 6.07) is 17.0. The number of carbonyl (C=O) groups excluding carboxylic acids is 1. The molecule has 4 rings (SSSR count). The van der Waals surface area contributed by atoms with Gasteiger partial charge in [-0.05, 0) is 53.6 Å². The van der Waals surface area contributed by atoms with E-state index in [0.717, 1.165) is 18.5 Å². The molecule has 3 nitrogen and oxygen atoms in total. The molecular formula is C22H21FN2OS. The van der Waals surface area contributed by atoms with Crippen LogP contribution in [0.5, 0.6) is 0 Å². The average molecular weight is 380 g/mol. The molecule has 0 radical (unpaired) electrons. The van der Waals surface area contributed by atoms with Crippen molar-refractivity contribution >= 4 is 22.9 Å². The molecule has 2 heterocycles. The normalized spacial score (nSPS) is 16.7. The number of rotatable bonds is 4. The van der Waals surface area contributed by atoms with Crippen molar-refractivity contribution in [1.82, 2.24) is 4.90 Å². The van der Waals surface area contributed by atoms with Crippen LogP contribution in [0.2, 0.25) is 0 Å². The van der Waals surface area contributed by atoms with E-state index in [2.05, 4.69) is 33.8 Å². The number of hydrogen-bond donors (Lipinski definition) is 1. The second kappa shape index (κ2) is 7.62. The SMILES string of the molecule is Cc1ccc(F)cc1NC(=O)CN1CCc2sccc2C1c1ccccc1. The minimum absolute atomic E-state index is 0.0700. The van der Waals surface area contributed by atoms with Crippen LogP contribution < -0.4 is 5.32 Å². The number of anilines is 1. The van der Waals surface area contributed by atoms with E-state index in [1.165, 1.54) is 28.1 Å². The van der Waals surface area contributed by atoms with Crippen LogP contribution in [-0.2, 0) is 11.2 Å². The summed E-state index contributed by atoms with van der Waals surface area (Å²) < 4.78 is 13.5. The monoisotopic (exact) mass is 380 g/mol. The number of nitrogens with zero attached hydrogens (tertiary/aromatic N) is 1. The summed E-state index contributed by atoms with van der Waals surface area (Å²) in [6.45, 7) is 2.95. The van der Waals surface area contributed by atoms with E-state index >= 15 is 0 Å². The largest absolute Gasteiger partial charge is 0.325 e. The summed E-state index contributed by atoms with van der Waals surface area (Å²) in [5, 5.41) is 5.00. The Bertz CT molecular complexity index is 954. The first-order chi connectivity index (χ1) is 13.1. The summed E-state index contributed by atoms with van der Waals surface area (Å²) in [4.78, 5) is 16.3. The molecule has 0 fully saturated rings. The van der Waals surface area contributed by atoms with Gasteiger partial charge in [0.1, 0.15) is 5.82 Å². The van der Waals surface area contributed by atoms with Crippen molar-refractivity contribution < 1.29 is 9.18 Å². The highest BCUT2D eigenvalue weighted by Crippen LogP contribution is 2.37. The zero-order chi connectivity index (χ0) is 18.8. The number of nitrogens with one attached hydrogen (secondary N) is 1. The molecular weight excluding hydrogens is 359 g/mol. The van der Waals surface area contributed by atoms with Gasteiger partial charge in [0.2, 0.25) is 5.91 Å². The lowest BCUT2D eigenvalue weighted by atomic mass is 9.93. The van der Waals surface area contributed by atoms with Crippen molar-refractivity contribution in [3.05, 3.63) is 87.4 Å². The Morgan fingerprint density at radius 3 is 2.85 bits per heavy atom. The van der Waals surface area contributed by atoms with Gasteiger partial charge in [-0.25, -0.2) is 4.39 Å².